The maximum Gasteiger partial charge on any atom is 0.338 e. The molecule has 6 aromatic carbocycles. The summed E-state index contributed by atoms with van der Waals surface area (Å²) in [5, 5.41) is 61.5. The van der Waals surface area contributed by atoms with Crippen molar-refractivity contribution in [3.8, 4) is 0 Å². The summed E-state index contributed by atoms with van der Waals surface area (Å²) >= 11 is 0. The third-order valence-electron chi connectivity index (χ3n) is 16.4. The van der Waals surface area contributed by atoms with E-state index in [0.717, 1.165) is 61.6 Å². The number of nitrogens with two attached hydrogens (primary N) is 1. The number of anilines is 1. The third kappa shape index (κ3) is 33.7. The van der Waals surface area contributed by atoms with Crippen LogP contribution in [0.15, 0.2) is 128 Å². The van der Waals surface area contributed by atoms with Gasteiger partial charge in [0.15, 0.2) is 18.9 Å². The Balaban J connectivity index is 0.000000671. The van der Waals surface area contributed by atoms with Gasteiger partial charge in [0.1, 0.15) is 5.78 Å². The van der Waals surface area contributed by atoms with E-state index in [1.54, 1.807) is 56.5 Å². The molecule has 1 aromatic heterocycles. The van der Waals surface area contributed by atoms with Crippen LogP contribution in [0.4, 0.5) is 28.4 Å². The van der Waals surface area contributed by atoms with Crippen molar-refractivity contribution < 1.29 is 176 Å². The number of nitro benzene ring substituents is 4. The van der Waals surface area contributed by atoms with Crippen LogP contribution in [0.3, 0.4) is 0 Å². The number of piperidine rings is 2. The van der Waals surface area contributed by atoms with E-state index < -0.39 is 62.1 Å². The number of nitrogens with zero attached hydrogens (tertiary/aromatic N) is 8. The van der Waals surface area contributed by atoms with Gasteiger partial charge >= 0.3 is 35.8 Å². The molecular weight excluding hydrogens is 1650 g/mol. The Bertz CT molecular complexity index is 4270. The number of esters is 5. The van der Waals surface area contributed by atoms with Gasteiger partial charge in [-0.15, -0.1) is 26.2 Å². The Morgan fingerprint density at radius 1 is 0.491 bits per heavy atom. The number of aromatic carboxylic acids is 1. The SMILES string of the molecule is COC(=O)c1ccc(/C=C/N(C)C)c([N+](=O)[O-])c1.COC(=O)c1ccc(CC(OC)OC)c(N)c1.COC(=O)c1ccc(CC(OC)OC)c([N+](=O)[O-])c1.COC(=O)c1ccc(CC(OC)OC)c([N+](=O)[O-])c1.COC(=O)c1ccc2ccn(C3CC[N-]CC3)c2c1.Cc1ccc(C(=O)O)cc1[N+](=O)[O-].O=C1CC[N-]CC1.[Y].[Y]. The molecule has 612 valence electrons. The van der Waals surface area contributed by atoms with Gasteiger partial charge in [-0.1, -0.05) is 43.2 Å². The first-order valence-corrected chi connectivity index (χ1v) is 33.9. The van der Waals surface area contributed by atoms with Crippen LogP contribution in [-0.4, -0.2) is 213 Å². The quantitative estimate of drug-likeness (QED) is 0.0134. The maximum atomic E-state index is 11.6. The number of ether oxygens (including phenoxy) is 11. The molecule has 7 aromatic rings. The largest absolute Gasteiger partial charge is 0.662 e. The molecule has 0 atom stereocenters. The van der Waals surface area contributed by atoms with E-state index >= 15 is 0 Å². The van der Waals surface area contributed by atoms with E-state index in [9.17, 15) is 74.0 Å². The predicted octanol–water partition coefficient (Wildman–Crippen LogP) is 11.7. The molecule has 3 heterocycles. The summed E-state index contributed by atoms with van der Waals surface area (Å²) in [6.45, 7) is 4.95. The van der Waals surface area contributed by atoms with E-state index in [1.165, 1.54) is 131 Å². The molecule has 0 unspecified atom stereocenters. The smallest absolute Gasteiger partial charge is 0.338 e. The number of ketones is 1. The van der Waals surface area contributed by atoms with Crippen molar-refractivity contribution in [2.75, 3.05) is 124 Å². The second-order valence-corrected chi connectivity index (χ2v) is 23.9. The fraction of sp³-hybridized carbons (Fsp3) is 0.382. The Hall–Kier alpha value is -9.82. The number of hydrogen-bond donors (Lipinski definition) is 2. The van der Waals surface area contributed by atoms with Crippen molar-refractivity contribution in [1.29, 1.82) is 0 Å². The molecule has 0 saturated carbocycles. The summed E-state index contributed by atoms with van der Waals surface area (Å²) < 4.78 is 55.4. The van der Waals surface area contributed by atoms with Crippen LogP contribution in [0, 0.1) is 47.4 Å². The number of carbonyl (C=O) groups is 7. The first-order valence-electron chi connectivity index (χ1n) is 33.9. The average molecular weight is 1740 g/mol. The van der Waals surface area contributed by atoms with Gasteiger partial charge in [0.05, 0.1) is 94.2 Å². The zero-order chi connectivity index (χ0) is 83.7. The number of aromatic nitrogens is 1. The molecule has 3 N–H and O–H groups in total. The van der Waals surface area contributed by atoms with Crippen LogP contribution in [0.2, 0.25) is 0 Å². The van der Waals surface area contributed by atoms with Crippen LogP contribution in [0.25, 0.3) is 27.6 Å². The van der Waals surface area contributed by atoms with E-state index in [1.807, 2.05) is 32.3 Å². The fourth-order valence-corrected chi connectivity index (χ4v) is 10.3. The van der Waals surface area contributed by atoms with Gasteiger partial charge in [-0.2, -0.15) is 0 Å². The molecular formula is C76H93N9O27Y2-2. The molecule has 114 heavy (non-hydrogen) atoms. The number of benzene rings is 6. The normalized spacial score (nSPS) is 12.0. The maximum absolute atomic E-state index is 11.6. The molecule has 0 amide bonds. The molecule has 36 nitrogen and oxygen atoms in total. The summed E-state index contributed by atoms with van der Waals surface area (Å²) in [7, 11) is 18.9. The molecule has 2 radical (unpaired) electrons. The summed E-state index contributed by atoms with van der Waals surface area (Å²) in [5.74, 6) is -3.32. The van der Waals surface area contributed by atoms with Gasteiger partial charge < -0.3 is 83.0 Å². The number of Topliss-reactive ketones (excluding diaryl/α,β-unsaturated/α-hetero) is 1. The summed E-state index contributed by atoms with van der Waals surface area (Å²) in [6.07, 6.45) is 8.38. The minimum absolute atomic E-state index is 0. The number of carbonyl (C=O) groups excluding carboxylic acids is 6. The van der Waals surface area contributed by atoms with Crippen LogP contribution in [0.1, 0.15) is 122 Å². The molecule has 9 rings (SSSR count). The minimum atomic E-state index is -1.16. The monoisotopic (exact) mass is 1740 g/mol. The number of methoxy groups -OCH3 is 11. The standard InChI is InChI=1S/C15H17N2O2.C12H14N2O4.2C12H15NO6.C12H17NO4.C8H7NO4.C5H8NO.2Y/c1-19-15(18)12-3-2-11-6-9-17(14(11)10-12)13-4-7-16-8-5-13;1-13(2)7-6-9-4-5-10(12(15)18-3)8-11(9)14(16)17;2*1-17-11(18-2)7-8-4-5-9(12(14)19-3)6-10(8)13(15)16;1-15-11(16-2)7-8-4-5-9(6-10(8)13)12(14)17-3;1-5-2-3-6(8(10)11)4-7(5)9(12)13;7-5-1-3-6-4-2-5;;/h2-3,6,9-10,13H,4-5,7-8H2,1H3;4-8H,1-3H3;2*4-6,11H,7H2,1-3H3;4-6,11H,7,13H2,1-3H3;2-4H,1H3,(H,10,11);1-4H2;;/q-1;;;;;;-1;;/b;7-6+;;;;;;;. The van der Waals surface area contributed by atoms with Gasteiger partial charge in [0.2, 0.25) is 0 Å². The second-order valence-electron chi connectivity index (χ2n) is 23.9. The molecule has 0 spiro atoms. The van der Waals surface area contributed by atoms with Crippen LogP contribution in [0.5, 0.6) is 0 Å². The molecule has 38 heteroatoms. The van der Waals surface area contributed by atoms with Crippen molar-refractivity contribution in [2.24, 2.45) is 0 Å². The number of aryl methyl sites for hydroxylation is 1. The Morgan fingerprint density at radius 3 is 1.21 bits per heavy atom. The number of hydrogen-bond acceptors (Lipinski definition) is 28. The van der Waals surface area contributed by atoms with Gasteiger partial charge in [0.25, 0.3) is 22.7 Å². The summed E-state index contributed by atoms with van der Waals surface area (Å²) in [5.41, 5.74) is 10.8. The van der Waals surface area contributed by atoms with E-state index in [-0.39, 0.29) is 136 Å². The molecule has 2 aliphatic rings. The molecule has 0 aliphatic carbocycles. The second kappa shape index (κ2) is 54.0. The Morgan fingerprint density at radius 2 is 0.842 bits per heavy atom. The van der Waals surface area contributed by atoms with Crippen molar-refractivity contribution >= 4 is 87.0 Å². The van der Waals surface area contributed by atoms with E-state index in [4.69, 9.17) is 44.0 Å². The van der Waals surface area contributed by atoms with Gasteiger partial charge in [-0.25, -0.2) is 28.8 Å². The summed E-state index contributed by atoms with van der Waals surface area (Å²) in [6, 6.07) is 29.7. The van der Waals surface area contributed by atoms with Crippen LogP contribution >= 0.6 is 0 Å². The van der Waals surface area contributed by atoms with E-state index in [2.05, 4.69) is 46.4 Å². The number of nitrogen functional groups attached to an aromatic ring is 1. The number of nitro groups is 4. The van der Waals surface area contributed by atoms with Crippen LogP contribution < -0.4 is 5.73 Å². The zero-order valence-electron chi connectivity index (χ0n) is 65.7. The number of carboxylic acids is 1. The molecule has 0 bridgehead atoms. The fourth-order valence-electron chi connectivity index (χ4n) is 10.3. The zero-order valence-corrected chi connectivity index (χ0v) is 71.3. The number of rotatable bonds is 25. The first kappa shape index (κ1) is 102. The summed E-state index contributed by atoms with van der Waals surface area (Å²) in [4.78, 5) is 121. The van der Waals surface area contributed by atoms with Gasteiger partial charge in [-0.05, 0) is 104 Å². The van der Waals surface area contributed by atoms with Crippen molar-refractivity contribution in [3.05, 3.63) is 240 Å². The van der Waals surface area contributed by atoms with Gasteiger partial charge in [-0.3, -0.25) is 45.3 Å². The molecule has 2 fully saturated rings. The van der Waals surface area contributed by atoms with Crippen molar-refractivity contribution in [3.63, 3.8) is 0 Å². The van der Waals surface area contributed by atoms with Crippen molar-refractivity contribution in [1.82, 2.24) is 9.47 Å². The Kier molecular flexibility index (Phi) is 48.4. The predicted molar refractivity (Wildman–Crippen MR) is 410 cm³/mol. The molecule has 2 saturated heterocycles. The third-order valence-corrected chi connectivity index (χ3v) is 16.4. The number of fused-ring (bicyclic) bond motifs is 1. The van der Waals surface area contributed by atoms with Gasteiger partial charge in [0, 0.05) is 206 Å². The van der Waals surface area contributed by atoms with E-state index in [0.29, 0.717) is 70.2 Å². The average Bonchev–Trinajstić information content (AvgIpc) is 1.60. The van der Waals surface area contributed by atoms with Crippen LogP contribution in [-0.2, 0) is 142 Å². The number of carboxylic acid groups (broad SMARTS) is 1. The Labute approximate surface area is 708 Å². The minimum Gasteiger partial charge on any atom is -0.662 e. The van der Waals surface area contributed by atoms with Crippen molar-refractivity contribution in [2.45, 2.75) is 76.8 Å². The topological polar surface area (TPSA) is 476 Å². The molecule has 2 aliphatic heterocycles. The first-order chi connectivity index (χ1) is 53.3.